The maximum atomic E-state index is 8.77. The van der Waals surface area contributed by atoms with Crippen molar-refractivity contribution in [3.8, 4) is 11.8 Å². The molecule has 2 aromatic heterocycles. The van der Waals surface area contributed by atoms with Crippen LogP contribution in [0.3, 0.4) is 0 Å². The standard InChI is InChI=1S/C19H20N8/c1-25-7-2-8-26(14-25)16-3-5-17(6-4-16)27-12-19(23-13-27)24-18-11-21-15(9-20)10-22-18/h3-6,10-13H,2,7-8,14H2,1H3,(H,22,24). The van der Waals surface area contributed by atoms with Gasteiger partial charge in [0, 0.05) is 24.5 Å². The first-order valence-electron chi connectivity index (χ1n) is 8.78. The summed E-state index contributed by atoms with van der Waals surface area (Å²) in [5.41, 5.74) is 2.55. The smallest absolute Gasteiger partial charge is 0.158 e. The second-order valence-corrected chi connectivity index (χ2v) is 6.54. The van der Waals surface area contributed by atoms with Crippen molar-refractivity contribution in [3.63, 3.8) is 0 Å². The van der Waals surface area contributed by atoms with E-state index in [1.54, 1.807) is 6.33 Å². The summed E-state index contributed by atoms with van der Waals surface area (Å²) in [5, 5.41) is 11.9. The minimum atomic E-state index is 0.283. The molecular weight excluding hydrogens is 340 g/mol. The zero-order chi connectivity index (χ0) is 18.6. The highest BCUT2D eigenvalue weighted by Gasteiger charge is 2.14. The monoisotopic (exact) mass is 360 g/mol. The number of rotatable bonds is 4. The summed E-state index contributed by atoms with van der Waals surface area (Å²) >= 11 is 0. The number of imidazole rings is 1. The number of nitrogens with one attached hydrogen (secondary N) is 1. The first-order valence-corrected chi connectivity index (χ1v) is 8.78. The van der Waals surface area contributed by atoms with E-state index in [2.05, 4.69) is 61.4 Å². The molecule has 1 aromatic carbocycles. The molecule has 0 saturated carbocycles. The summed E-state index contributed by atoms with van der Waals surface area (Å²) in [6, 6.07) is 10.4. The van der Waals surface area contributed by atoms with Crippen molar-refractivity contribution < 1.29 is 0 Å². The molecular formula is C19H20N8. The summed E-state index contributed by atoms with van der Waals surface area (Å²) < 4.78 is 1.95. The lowest BCUT2D eigenvalue weighted by molar-refractivity contribution is 0.292. The Kier molecular flexibility index (Phi) is 4.68. The van der Waals surface area contributed by atoms with Crippen molar-refractivity contribution in [1.82, 2.24) is 24.4 Å². The van der Waals surface area contributed by atoms with Gasteiger partial charge in [-0.3, -0.25) is 4.90 Å². The molecule has 1 saturated heterocycles. The molecule has 27 heavy (non-hydrogen) atoms. The Morgan fingerprint density at radius 2 is 1.81 bits per heavy atom. The summed E-state index contributed by atoms with van der Waals surface area (Å²) in [7, 11) is 2.15. The van der Waals surface area contributed by atoms with E-state index in [0.717, 1.165) is 25.4 Å². The molecule has 0 atom stereocenters. The van der Waals surface area contributed by atoms with Crippen LogP contribution >= 0.6 is 0 Å². The number of benzene rings is 1. The van der Waals surface area contributed by atoms with Crippen LogP contribution in [0.15, 0.2) is 49.2 Å². The predicted octanol–water partition coefficient (Wildman–Crippen LogP) is 2.38. The normalized spacial score (nSPS) is 14.7. The predicted molar refractivity (Wildman–Crippen MR) is 103 cm³/mol. The van der Waals surface area contributed by atoms with Gasteiger partial charge in [0.05, 0.1) is 25.3 Å². The van der Waals surface area contributed by atoms with E-state index >= 15 is 0 Å². The van der Waals surface area contributed by atoms with Crippen molar-refractivity contribution in [3.05, 3.63) is 54.9 Å². The zero-order valence-electron chi connectivity index (χ0n) is 15.1. The molecule has 3 heterocycles. The lowest BCUT2D eigenvalue weighted by Gasteiger charge is -2.34. The summed E-state index contributed by atoms with van der Waals surface area (Å²) in [4.78, 5) is 17.2. The molecule has 0 aliphatic carbocycles. The molecule has 8 nitrogen and oxygen atoms in total. The Hall–Kier alpha value is -3.44. The first kappa shape index (κ1) is 17.0. The highest BCUT2D eigenvalue weighted by molar-refractivity contribution is 5.54. The van der Waals surface area contributed by atoms with Gasteiger partial charge in [-0.2, -0.15) is 5.26 Å². The van der Waals surface area contributed by atoms with Gasteiger partial charge in [0.15, 0.2) is 5.69 Å². The topological polar surface area (TPSA) is 85.9 Å². The quantitative estimate of drug-likeness (QED) is 0.764. The molecule has 1 fully saturated rings. The van der Waals surface area contributed by atoms with E-state index in [1.165, 1.54) is 24.5 Å². The summed E-state index contributed by atoms with van der Waals surface area (Å²) in [6.07, 6.45) is 7.78. The van der Waals surface area contributed by atoms with E-state index in [4.69, 9.17) is 5.26 Å². The van der Waals surface area contributed by atoms with Gasteiger partial charge in [0.25, 0.3) is 0 Å². The number of anilines is 3. The van der Waals surface area contributed by atoms with Crippen LogP contribution < -0.4 is 10.2 Å². The van der Waals surface area contributed by atoms with E-state index in [1.807, 2.05) is 16.8 Å². The fourth-order valence-corrected chi connectivity index (χ4v) is 3.12. The fourth-order valence-electron chi connectivity index (χ4n) is 3.12. The van der Waals surface area contributed by atoms with E-state index < -0.39 is 0 Å². The summed E-state index contributed by atoms with van der Waals surface area (Å²) in [5.74, 6) is 1.21. The van der Waals surface area contributed by atoms with Crippen molar-refractivity contribution in [2.45, 2.75) is 6.42 Å². The Balaban J connectivity index is 1.45. The maximum absolute atomic E-state index is 8.77. The third kappa shape index (κ3) is 3.88. The molecule has 1 aliphatic heterocycles. The van der Waals surface area contributed by atoms with Crippen LogP contribution in [0.5, 0.6) is 0 Å². The van der Waals surface area contributed by atoms with Crippen LogP contribution in [-0.2, 0) is 0 Å². The lowest BCUT2D eigenvalue weighted by Crippen LogP contribution is -2.42. The number of nitriles is 1. The number of aromatic nitrogens is 4. The molecule has 0 unspecified atom stereocenters. The van der Waals surface area contributed by atoms with Crippen LogP contribution in [0.4, 0.5) is 17.3 Å². The number of hydrogen-bond acceptors (Lipinski definition) is 7. The van der Waals surface area contributed by atoms with Crippen molar-refractivity contribution in [1.29, 1.82) is 5.26 Å². The first-order chi connectivity index (χ1) is 13.2. The van der Waals surface area contributed by atoms with Crippen LogP contribution in [0, 0.1) is 11.3 Å². The van der Waals surface area contributed by atoms with Crippen LogP contribution in [-0.4, -0.2) is 51.2 Å². The molecule has 0 amide bonds. The van der Waals surface area contributed by atoms with Crippen LogP contribution in [0.1, 0.15) is 12.1 Å². The van der Waals surface area contributed by atoms with Gasteiger partial charge in [-0.1, -0.05) is 0 Å². The van der Waals surface area contributed by atoms with Crippen molar-refractivity contribution in [2.24, 2.45) is 0 Å². The minimum absolute atomic E-state index is 0.283. The van der Waals surface area contributed by atoms with Gasteiger partial charge >= 0.3 is 0 Å². The lowest BCUT2D eigenvalue weighted by atomic mass is 10.2. The Bertz CT molecular complexity index is 939. The average Bonchev–Trinajstić information content (AvgIpc) is 3.17. The fraction of sp³-hybridized carbons (Fsp3) is 0.263. The highest BCUT2D eigenvalue weighted by Crippen LogP contribution is 2.21. The van der Waals surface area contributed by atoms with Crippen LogP contribution in [0.2, 0.25) is 0 Å². The van der Waals surface area contributed by atoms with Gasteiger partial charge in [0.1, 0.15) is 24.0 Å². The highest BCUT2D eigenvalue weighted by atomic mass is 15.3. The second-order valence-electron chi connectivity index (χ2n) is 6.54. The molecule has 1 aliphatic rings. The average molecular weight is 360 g/mol. The molecule has 0 bridgehead atoms. The molecule has 0 radical (unpaired) electrons. The largest absolute Gasteiger partial charge is 0.358 e. The summed E-state index contributed by atoms with van der Waals surface area (Å²) in [6.45, 7) is 3.21. The number of nitrogens with zero attached hydrogens (tertiary/aromatic N) is 7. The molecule has 0 spiro atoms. The third-order valence-corrected chi connectivity index (χ3v) is 4.50. The Morgan fingerprint density at radius 3 is 2.52 bits per heavy atom. The van der Waals surface area contributed by atoms with E-state index in [0.29, 0.717) is 11.6 Å². The maximum Gasteiger partial charge on any atom is 0.158 e. The molecule has 4 rings (SSSR count). The van der Waals surface area contributed by atoms with Crippen LogP contribution in [0.25, 0.3) is 5.69 Å². The zero-order valence-corrected chi connectivity index (χ0v) is 15.1. The molecule has 3 aromatic rings. The number of hydrogen-bond donors (Lipinski definition) is 1. The molecule has 136 valence electrons. The van der Waals surface area contributed by atoms with Gasteiger partial charge < -0.3 is 14.8 Å². The minimum Gasteiger partial charge on any atom is -0.358 e. The molecule has 8 heteroatoms. The van der Waals surface area contributed by atoms with Gasteiger partial charge in [0.2, 0.25) is 0 Å². The Morgan fingerprint density at radius 1 is 1.00 bits per heavy atom. The van der Waals surface area contributed by atoms with E-state index in [-0.39, 0.29) is 5.69 Å². The van der Waals surface area contributed by atoms with Gasteiger partial charge in [-0.25, -0.2) is 15.0 Å². The molecule has 1 N–H and O–H groups in total. The van der Waals surface area contributed by atoms with Crippen molar-refractivity contribution >= 4 is 17.3 Å². The van der Waals surface area contributed by atoms with E-state index in [9.17, 15) is 0 Å². The van der Waals surface area contributed by atoms with Gasteiger partial charge in [-0.15, -0.1) is 0 Å². The third-order valence-electron chi connectivity index (χ3n) is 4.50. The SMILES string of the molecule is CN1CCCN(c2ccc(-n3cnc(Nc4cnc(C#N)cn4)c3)cc2)C1. The van der Waals surface area contributed by atoms with Crippen molar-refractivity contribution in [2.75, 3.05) is 37.0 Å². The Labute approximate surface area is 157 Å². The van der Waals surface area contributed by atoms with Gasteiger partial charge in [-0.05, 0) is 37.7 Å². The second kappa shape index (κ2) is 7.43.